The van der Waals surface area contributed by atoms with Gasteiger partial charge in [-0.05, 0) is 31.4 Å². The van der Waals surface area contributed by atoms with Crippen LogP contribution in [0.5, 0.6) is 0 Å². The number of aromatic nitrogens is 1. The first-order valence-corrected chi connectivity index (χ1v) is 8.24. The van der Waals surface area contributed by atoms with Crippen LogP contribution in [0.25, 0.3) is 0 Å². The van der Waals surface area contributed by atoms with Crippen LogP contribution in [0.1, 0.15) is 37.8 Å². The van der Waals surface area contributed by atoms with Crippen molar-refractivity contribution in [3.05, 3.63) is 30.1 Å². The van der Waals surface area contributed by atoms with E-state index in [4.69, 9.17) is 0 Å². The largest absolute Gasteiger partial charge is 0.341 e. The van der Waals surface area contributed by atoms with Gasteiger partial charge < -0.3 is 4.90 Å². The highest BCUT2D eigenvalue weighted by Crippen LogP contribution is 2.27. The summed E-state index contributed by atoms with van der Waals surface area (Å²) in [5.41, 5.74) is 1.12. The Bertz CT molecular complexity index is 456. The standard InChI is InChI=1S/C17H25N3O/c21-17(15-6-1-2-7-15)20-11-5-10-19(12-13-20)14-16-8-3-4-9-18-16/h3-4,8-9,15H,1-2,5-7,10-14H2. The van der Waals surface area contributed by atoms with E-state index in [0.717, 1.165) is 57.7 Å². The van der Waals surface area contributed by atoms with E-state index in [9.17, 15) is 4.79 Å². The predicted octanol–water partition coefficient (Wildman–Crippen LogP) is 2.31. The summed E-state index contributed by atoms with van der Waals surface area (Å²) >= 11 is 0. The SMILES string of the molecule is O=C(C1CCCC1)N1CCCN(Cc2ccccn2)CC1. The van der Waals surface area contributed by atoms with E-state index in [1.54, 1.807) is 0 Å². The summed E-state index contributed by atoms with van der Waals surface area (Å²) in [5.74, 6) is 0.722. The Morgan fingerprint density at radius 1 is 1.10 bits per heavy atom. The van der Waals surface area contributed by atoms with Crippen LogP contribution in [0.3, 0.4) is 0 Å². The van der Waals surface area contributed by atoms with Gasteiger partial charge >= 0.3 is 0 Å². The molecule has 0 radical (unpaired) electrons. The van der Waals surface area contributed by atoms with E-state index in [2.05, 4.69) is 20.9 Å². The fraction of sp³-hybridized carbons (Fsp3) is 0.647. The van der Waals surface area contributed by atoms with Gasteiger partial charge in [-0.25, -0.2) is 0 Å². The summed E-state index contributed by atoms with van der Waals surface area (Å²) < 4.78 is 0. The molecule has 1 saturated heterocycles. The maximum absolute atomic E-state index is 12.5. The lowest BCUT2D eigenvalue weighted by molar-refractivity contribution is -0.135. The lowest BCUT2D eigenvalue weighted by atomic mass is 10.1. The van der Waals surface area contributed by atoms with Gasteiger partial charge in [0.15, 0.2) is 0 Å². The van der Waals surface area contributed by atoms with Crippen molar-refractivity contribution >= 4 is 5.91 Å². The molecule has 4 heteroatoms. The molecule has 1 saturated carbocycles. The second-order valence-corrected chi connectivity index (χ2v) is 6.26. The molecule has 3 rings (SSSR count). The number of hydrogen-bond acceptors (Lipinski definition) is 3. The molecule has 1 aliphatic heterocycles. The summed E-state index contributed by atoms with van der Waals surface area (Å²) in [6, 6.07) is 6.07. The average Bonchev–Trinajstić information content (AvgIpc) is 2.95. The lowest BCUT2D eigenvalue weighted by Gasteiger charge is -2.24. The summed E-state index contributed by atoms with van der Waals surface area (Å²) in [6.45, 7) is 4.72. The van der Waals surface area contributed by atoms with Gasteiger partial charge in [0.05, 0.1) is 5.69 Å². The molecule has 4 nitrogen and oxygen atoms in total. The Kier molecular flexibility index (Phi) is 4.86. The zero-order valence-corrected chi connectivity index (χ0v) is 12.7. The minimum absolute atomic E-state index is 0.312. The second-order valence-electron chi connectivity index (χ2n) is 6.26. The van der Waals surface area contributed by atoms with Crippen molar-refractivity contribution < 1.29 is 4.79 Å². The number of pyridine rings is 1. The molecule has 1 aromatic heterocycles. The first-order valence-electron chi connectivity index (χ1n) is 8.24. The van der Waals surface area contributed by atoms with E-state index in [1.807, 2.05) is 18.3 Å². The molecule has 2 aliphatic rings. The molecule has 2 fully saturated rings. The van der Waals surface area contributed by atoms with Crippen LogP contribution in [0.15, 0.2) is 24.4 Å². The van der Waals surface area contributed by atoms with Gasteiger partial charge in [0.2, 0.25) is 5.91 Å². The van der Waals surface area contributed by atoms with Crippen LogP contribution in [0.4, 0.5) is 0 Å². The zero-order chi connectivity index (χ0) is 14.5. The molecule has 21 heavy (non-hydrogen) atoms. The Morgan fingerprint density at radius 3 is 2.71 bits per heavy atom. The molecular weight excluding hydrogens is 262 g/mol. The Balaban J connectivity index is 1.53. The van der Waals surface area contributed by atoms with E-state index >= 15 is 0 Å². The fourth-order valence-corrected chi connectivity index (χ4v) is 3.50. The number of carbonyl (C=O) groups is 1. The van der Waals surface area contributed by atoms with Crippen molar-refractivity contribution in [2.24, 2.45) is 5.92 Å². The molecule has 0 spiro atoms. The average molecular weight is 287 g/mol. The van der Waals surface area contributed by atoms with Crippen molar-refractivity contribution in [1.82, 2.24) is 14.8 Å². The smallest absolute Gasteiger partial charge is 0.225 e. The monoisotopic (exact) mass is 287 g/mol. The van der Waals surface area contributed by atoms with Crippen molar-refractivity contribution in [2.75, 3.05) is 26.2 Å². The molecule has 114 valence electrons. The van der Waals surface area contributed by atoms with Crippen molar-refractivity contribution in [3.8, 4) is 0 Å². The highest BCUT2D eigenvalue weighted by atomic mass is 16.2. The maximum atomic E-state index is 12.5. The summed E-state index contributed by atoms with van der Waals surface area (Å²) in [6.07, 6.45) is 7.60. The second kappa shape index (κ2) is 7.03. The highest BCUT2D eigenvalue weighted by Gasteiger charge is 2.28. The van der Waals surface area contributed by atoms with Crippen LogP contribution in [0, 0.1) is 5.92 Å². The third-order valence-corrected chi connectivity index (χ3v) is 4.72. The Morgan fingerprint density at radius 2 is 1.95 bits per heavy atom. The Labute approximate surface area is 127 Å². The summed E-state index contributed by atoms with van der Waals surface area (Å²) in [7, 11) is 0. The molecular formula is C17H25N3O. The molecule has 1 amide bonds. The third-order valence-electron chi connectivity index (χ3n) is 4.72. The van der Waals surface area contributed by atoms with Crippen molar-refractivity contribution in [1.29, 1.82) is 0 Å². The molecule has 0 atom stereocenters. The van der Waals surface area contributed by atoms with Crippen LogP contribution in [-0.4, -0.2) is 46.9 Å². The normalized spacial score (nSPS) is 21.4. The molecule has 0 unspecified atom stereocenters. The summed E-state index contributed by atoms with van der Waals surface area (Å²) in [5, 5.41) is 0. The minimum atomic E-state index is 0.312. The van der Waals surface area contributed by atoms with Crippen LogP contribution < -0.4 is 0 Å². The van der Waals surface area contributed by atoms with E-state index in [-0.39, 0.29) is 0 Å². The Hall–Kier alpha value is -1.42. The van der Waals surface area contributed by atoms with Crippen LogP contribution in [0.2, 0.25) is 0 Å². The van der Waals surface area contributed by atoms with E-state index in [1.165, 1.54) is 12.8 Å². The van der Waals surface area contributed by atoms with Crippen LogP contribution in [-0.2, 0) is 11.3 Å². The third kappa shape index (κ3) is 3.82. The van der Waals surface area contributed by atoms with Gasteiger partial charge in [-0.2, -0.15) is 0 Å². The van der Waals surface area contributed by atoms with Gasteiger partial charge in [0.25, 0.3) is 0 Å². The number of hydrogen-bond donors (Lipinski definition) is 0. The fourth-order valence-electron chi connectivity index (χ4n) is 3.50. The van der Waals surface area contributed by atoms with Gasteiger partial charge in [0.1, 0.15) is 0 Å². The van der Waals surface area contributed by atoms with Gasteiger partial charge in [-0.1, -0.05) is 18.9 Å². The minimum Gasteiger partial charge on any atom is -0.341 e. The predicted molar refractivity (Wildman–Crippen MR) is 82.7 cm³/mol. The van der Waals surface area contributed by atoms with E-state index in [0.29, 0.717) is 11.8 Å². The molecule has 1 aromatic rings. The number of rotatable bonds is 3. The highest BCUT2D eigenvalue weighted by molar-refractivity contribution is 5.79. The number of carbonyl (C=O) groups excluding carboxylic acids is 1. The zero-order valence-electron chi connectivity index (χ0n) is 12.7. The first kappa shape index (κ1) is 14.5. The molecule has 2 heterocycles. The molecule has 1 aliphatic carbocycles. The van der Waals surface area contributed by atoms with Gasteiger partial charge in [0, 0.05) is 44.8 Å². The van der Waals surface area contributed by atoms with Crippen molar-refractivity contribution in [3.63, 3.8) is 0 Å². The quantitative estimate of drug-likeness (QED) is 0.856. The van der Waals surface area contributed by atoms with Crippen LogP contribution >= 0.6 is 0 Å². The number of amides is 1. The van der Waals surface area contributed by atoms with Gasteiger partial charge in [-0.15, -0.1) is 0 Å². The molecule has 0 aromatic carbocycles. The first-order chi connectivity index (χ1) is 10.3. The maximum Gasteiger partial charge on any atom is 0.225 e. The van der Waals surface area contributed by atoms with E-state index < -0.39 is 0 Å². The lowest BCUT2D eigenvalue weighted by Crippen LogP contribution is -2.38. The molecule has 0 N–H and O–H groups in total. The topological polar surface area (TPSA) is 36.4 Å². The number of nitrogens with zero attached hydrogens (tertiary/aromatic N) is 3. The summed E-state index contributed by atoms with van der Waals surface area (Å²) in [4.78, 5) is 21.4. The van der Waals surface area contributed by atoms with Gasteiger partial charge in [-0.3, -0.25) is 14.7 Å². The molecule has 0 bridgehead atoms. The van der Waals surface area contributed by atoms with Crippen molar-refractivity contribution in [2.45, 2.75) is 38.6 Å².